The third-order valence-electron chi connectivity index (χ3n) is 3.11. The van der Waals surface area contributed by atoms with Gasteiger partial charge >= 0.3 is 0 Å². The standard InChI is InChI=1S/C12H17ClN2/c1-14-11-4-3-7-15(2)12-6-5-9(13)8-10(11)12/h5-6,8,11,14H,3-4,7H2,1-2H3. The molecular weight excluding hydrogens is 208 g/mol. The molecule has 0 spiro atoms. The molecule has 0 radical (unpaired) electrons. The van der Waals surface area contributed by atoms with E-state index in [1.54, 1.807) is 0 Å². The molecule has 2 rings (SSSR count). The lowest BCUT2D eigenvalue weighted by Gasteiger charge is -2.21. The number of rotatable bonds is 1. The predicted molar refractivity (Wildman–Crippen MR) is 65.8 cm³/mol. The van der Waals surface area contributed by atoms with Crippen LogP contribution in [0.1, 0.15) is 24.4 Å². The van der Waals surface area contributed by atoms with Crippen LogP contribution in [0.4, 0.5) is 5.69 Å². The Balaban J connectivity index is 2.46. The Labute approximate surface area is 96.2 Å². The fraction of sp³-hybridized carbons (Fsp3) is 0.500. The lowest BCUT2D eigenvalue weighted by Crippen LogP contribution is -2.18. The minimum atomic E-state index is 0.434. The molecule has 0 amide bonds. The smallest absolute Gasteiger partial charge is 0.0413 e. The molecule has 0 fully saturated rings. The fourth-order valence-corrected chi connectivity index (χ4v) is 2.44. The summed E-state index contributed by atoms with van der Waals surface area (Å²) in [6, 6.07) is 6.60. The van der Waals surface area contributed by atoms with E-state index in [1.807, 2.05) is 13.1 Å². The largest absolute Gasteiger partial charge is 0.374 e. The lowest BCUT2D eigenvalue weighted by molar-refractivity contribution is 0.543. The molecule has 82 valence electrons. The second-order valence-electron chi connectivity index (χ2n) is 4.11. The van der Waals surface area contributed by atoms with Crippen LogP contribution in [0.25, 0.3) is 0 Å². The van der Waals surface area contributed by atoms with Crippen molar-refractivity contribution in [2.45, 2.75) is 18.9 Å². The van der Waals surface area contributed by atoms with Gasteiger partial charge < -0.3 is 10.2 Å². The van der Waals surface area contributed by atoms with Gasteiger partial charge in [0.2, 0.25) is 0 Å². The molecule has 1 aromatic carbocycles. The number of nitrogens with zero attached hydrogens (tertiary/aromatic N) is 1. The number of benzene rings is 1. The Kier molecular flexibility index (Phi) is 3.17. The Morgan fingerprint density at radius 3 is 3.00 bits per heavy atom. The molecule has 1 aromatic rings. The van der Waals surface area contributed by atoms with Crippen LogP contribution in [0.15, 0.2) is 18.2 Å². The Hall–Kier alpha value is -0.730. The van der Waals surface area contributed by atoms with Gasteiger partial charge in [-0.15, -0.1) is 0 Å². The summed E-state index contributed by atoms with van der Waals surface area (Å²) >= 11 is 6.05. The van der Waals surface area contributed by atoms with Gasteiger partial charge in [-0.3, -0.25) is 0 Å². The maximum absolute atomic E-state index is 6.05. The van der Waals surface area contributed by atoms with E-state index in [4.69, 9.17) is 11.6 Å². The highest BCUT2D eigenvalue weighted by Crippen LogP contribution is 2.33. The average molecular weight is 225 g/mol. The first-order valence-corrected chi connectivity index (χ1v) is 5.78. The average Bonchev–Trinajstić information content (AvgIpc) is 2.38. The van der Waals surface area contributed by atoms with E-state index in [1.165, 1.54) is 24.1 Å². The highest BCUT2D eigenvalue weighted by molar-refractivity contribution is 6.30. The van der Waals surface area contributed by atoms with Gasteiger partial charge in [0.05, 0.1) is 0 Å². The van der Waals surface area contributed by atoms with Crippen LogP contribution < -0.4 is 10.2 Å². The summed E-state index contributed by atoms with van der Waals surface area (Å²) in [6.45, 7) is 1.12. The third-order valence-corrected chi connectivity index (χ3v) is 3.35. The van der Waals surface area contributed by atoms with E-state index in [0.717, 1.165) is 11.6 Å². The molecular formula is C12H17ClN2. The summed E-state index contributed by atoms with van der Waals surface area (Å²) in [5, 5.41) is 4.19. The Bertz CT molecular complexity index is 351. The number of nitrogens with one attached hydrogen (secondary N) is 1. The number of anilines is 1. The molecule has 0 saturated heterocycles. The van der Waals surface area contributed by atoms with Gasteiger partial charge in [0.1, 0.15) is 0 Å². The number of fused-ring (bicyclic) bond motifs is 1. The van der Waals surface area contributed by atoms with Gasteiger partial charge in [0.15, 0.2) is 0 Å². The van der Waals surface area contributed by atoms with Crippen LogP contribution in [-0.4, -0.2) is 20.6 Å². The molecule has 0 aliphatic carbocycles. The maximum Gasteiger partial charge on any atom is 0.0413 e. The van der Waals surface area contributed by atoms with E-state index in [-0.39, 0.29) is 0 Å². The maximum atomic E-state index is 6.05. The number of hydrogen-bond acceptors (Lipinski definition) is 2. The first kappa shape index (κ1) is 10.8. The molecule has 1 atom stereocenters. The Morgan fingerprint density at radius 1 is 1.47 bits per heavy atom. The normalized spacial score (nSPS) is 21.0. The van der Waals surface area contributed by atoms with E-state index in [2.05, 4.69) is 29.4 Å². The van der Waals surface area contributed by atoms with Crippen LogP contribution in [0.5, 0.6) is 0 Å². The van der Waals surface area contributed by atoms with E-state index < -0.39 is 0 Å². The van der Waals surface area contributed by atoms with Gasteiger partial charge in [-0.25, -0.2) is 0 Å². The van der Waals surface area contributed by atoms with Crippen molar-refractivity contribution in [2.75, 3.05) is 25.5 Å². The summed E-state index contributed by atoms with van der Waals surface area (Å²) in [6.07, 6.45) is 2.39. The highest BCUT2D eigenvalue weighted by atomic mass is 35.5. The van der Waals surface area contributed by atoms with Crippen LogP contribution >= 0.6 is 11.6 Å². The second kappa shape index (κ2) is 4.42. The monoisotopic (exact) mass is 224 g/mol. The van der Waals surface area contributed by atoms with Crippen molar-refractivity contribution in [3.05, 3.63) is 28.8 Å². The SMILES string of the molecule is CNC1CCCN(C)c2ccc(Cl)cc21. The summed E-state index contributed by atoms with van der Waals surface area (Å²) < 4.78 is 0. The van der Waals surface area contributed by atoms with Crippen molar-refractivity contribution in [1.82, 2.24) is 5.32 Å². The fourth-order valence-electron chi connectivity index (χ4n) is 2.26. The van der Waals surface area contributed by atoms with E-state index >= 15 is 0 Å². The van der Waals surface area contributed by atoms with Crippen molar-refractivity contribution >= 4 is 17.3 Å². The predicted octanol–water partition coefficient (Wildman–Crippen LogP) is 2.83. The van der Waals surface area contributed by atoms with Gasteiger partial charge in [-0.2, -0.15) is 0 Å². The van der Waals surface area contributed by atoms with E-state index in [0.29, 0.717) is 6.04 Å². The van der Waals surface area contributed by atoms with E-state index in [9.17, 15) is 0 Å². The zero-order valence-corrected chi connectivity index (χ0v) is 10.0. The van der Waals surface area contributed by atoms with Crippen molar-refractivity contribution in [3.8, 4) is 0 Å². The topological polar surface area (TPSA) is 15.3 Å². The second-order valence-corrected chi connectivity index (χ2v) is 4.54. The zero-order valence-electron chi connectivity index (χ0n) is 9.26. The van der Waals surface area contributed by atoms with Crippen LogP contribution in [-0.2, 0) is 0 Å². The summed E-state index contributed by atoms with van der Waals surface area (Å²) in [5.74, 6) is 0. The highest BCUT2D eigenvalue weighted by Gasteiger charge is 2.19. The number of halogens is 1. The molecule has 0 aromatic heterocycles. The first-order chi connectivity index (χ1) is 7.22. The molecule has 1 aliphatic heterocycles. The molecule has 0 saturated carbocycles. The van der Waals surface area contributed by atoms with Crippen molar-refractivity contribution in [2.24, 2.45) is 0 Å². The summed E-state index contributed by atoms with van der Waals surface area (Å²) in [5.41, 5.74) is 2.63. The van der Waals surface area contributed by atoms with Crippen molar-refractivity contribution < 1.29 is 0 Å². The molecule has 1 aliphatic rings. The summed E-state index contributed by atoms with van der Waals surface area (Å²) in [7, 11) is 4.16. The Morgan fingerprint density at radius 2 is 2.27 bits per heavy atom. The molecule has 1 N–H and O–H groups in total. The van der Waals surface area contributed by atoms with Crippen molar-refractivity contribution in [1.29, 1.82) is 0 Å². The number of hydrogen-bond donors (Lipinski definition) is 1. The molecule has 2 nitrogen and oxygen atoms in total. The van der Waals surface area contributed by atoms with Crippen LogP contribution in [0, 0.1) is 0 Å². The zero-order chi connectivity index (χ0) is 10.8. The summed E-state index contributed by atoms with van der Waals surface area (Å²) in [4.78, 5) is 2.31. The minimum absolute atomic E-state index is 0.434. The third kappa shape index (κ3) is 2.11. The van der Waals surface area contributed by atoms with Crippen LogP contribution in [0.3, 0.4) is 0 Å². The molecule has 3 heteroatoms. The quantitative estimate of drug-likeness (QED) is 0.789. The molecule has 15 heavy (non-hydrogen) atoms. The van der Waals surface area contributed by atoms with Gasteiger partial charge in [0.25, 0.3) is 0 Å². The van der Waals surface area contributed by atoms with Gasteiger partial charge in [-0.1, -0.05) is 11.6 Å². The van der Waals surface area contributed by atoms with Crippen molar-refractivity contribution in [3.63, 3.8) is 0 Å². The van der Waals surface area contributed by atoms with Gasteiger partial charge in [0, 0.05) is 30.3 Å². The van der Waals surface area contributed by atoms with Crippen LogP contribution in [0.2, 0.25) is 5.02 Å². The van der Waals surface area contributed by atoms with Gasteiger partial charge in [-0.05, 0) is 43.7 Å². The lowest BCUT2D eigenvalue weighted by atomic mass is 10.0. The minimum Gasteiger partial charge on any atom is -0.374 e. The first-order valence-electron chi connectivity index (χ1n) is 5.40. The molecule has 0 bridgehead atoms. The molecule has 1 heterocycles. The molecule has 1 unspecified atom stereocenters.